The molecule has 0 saturated heterocycles. The van der Waals surface area contributed by atoms with Crippen molar-refractivity contribution in [2.45, 2.75) is 4.32 Å². The Hall–Kier alpha value is -1.29. The lowest BCUT2D eigenvalue weighted by molar-refractivity contribution is 1.07. The second-order valence-corrected chi connectivity index (χ2v) is 15.8. The lowest BCUT2D eigenvalue weighted by atomic mass is 9.81. The second-order valence-electron chi connectivity index (χ2n) is 9.69. The average Bonchev–Trinajstić information content (AvgIpc) is 3.25. The third-order valence-electron chi connectivity index (χ3n) is 7.21. The zero-order chi connectivity index (χ0) is 28.7. The van der Waals surface area contributed by atoms with Gasteiger partial charge in [0.1, 0.15) is 4.32 Å². The molecule has 0 radical (unpaired) electrons. The van der Waals surface area contributed by atoms with Gasteiger partial charge >= 0.3 is 0 Å². The molecule has 1 aliphatic rings. The Morgan fingerprint density at radius 2 is 0.683 bits per heavy atom. The highest BCUT2D eigenvalue weighted by Crippen LogP contribution is 2.65. The highest BCUT2D eigenvalue weighted by molar-refractivity contribution is 14.1. The summed E-state index contributed by atoms with van der Waals surface area (Å²) in [6, 6.07) is 43.6. The minimum atomic E-state index is -0.635. The van der Waals surface area contributed by atoms with Gasteiger partial charge in [0.2, 0.25) is 0 Å². The van der Waals surface area contributed by atoms with E-state index in [0.29, 0.717) is 0 Å². The maximum Gasteiger partial charge on any atom is 0.103 e. The molecular weight excluding hydrogens is 947 g/mol. The van der Waals surface area contributed by atoms with Crippen molar-refractivity contribution in [1.82, 2.24) is 0 Å². The number of hydrogen-bond donors (Lipinski definition) is 0. The lowest BCUT2D eigenvalue weighted by Crippen LogP contribution is -2.20. The SMILES string of the molecule is Brc1ccc(C2=C(c3ccc(Br)cc3)C(Br)(c3ccc(I)cc3)C(c3ccc(Br)cc3)=C2c2ccc(Br)cc2)cc1. The van der Waals surface area contributed by atoms with Crippen LogP contribution in [0.2, 0.25) is 0 Å². The Balaban J connectivity index is 1.81. The molecular formula is C35H20Br5I. The van der Waals surface area contributed by atoms with Crippen LogP contribution in [0.25, 0.3) is 22.3 Å². The van der Waals surface area contributed by atoms with Gasteiger partial charge in [0.25, 0.3) is 0 Å². The average molecular weight is 967 g/mol. The summed E-state index contributed by atoms with van der Waals surface area (Å²) in [6.07, 6.45) is 0. The number of halogens is 6. The maximum atomic E-state index is 4.47. The summed E-state index contributed by atoms with van der Waals surface area (Å²) >= 11 is 21.5. The molecule has 41 heavy (non-hydrogen) atoms. The molecule has 0 aromatic heterocycles. The zero-order valence-electron chi connectivity index (χ0n) is 21.3. The molecule has 1 aliphatic carbocycles. The Labute approximate surface area is 296 Å². The molecule has 6 heteroatoms. The third kappa shape index (κ3) is 5.82. The van der Waals surface area contributed by atoms with E-state index in [0.717, 1.165) is 40.1 Å². The van der Waals surface area contributed by atoms with Crippen LogP contribution in [-0.2, 0) is 4.32 Å². The fraction of sp³-hybridized carbons (Fsp3) is 0.0286. The Morgan fingerprint density at radius 3 is 1.00 bits per heavy atom. The van der Waals surface area contributed by atoms with Gasteiger partial charge < -0.3 is 0 Å². The molecule has 0 nitrogen and oxygen atoms in total. The number of allylic oxidation sites excluding steroid dienone is 4. The first kappa shape index (κ1) is 29.8. The standard InChI is InChI=1S/C35H20Br5I/c36-26-11-1-21(2-12-26)31-32(22-3-13-27(37)14-4-22)34(24-7-17-29(39)18-8-24)35(40,25-9-19-30(41)20-10-25)33(31)23-5-15-28(38)16-6-23/h1-20H. The Bertz CT molecular complexity index is 1670. The van der Waals surface area contributed by atoms with Gasteiger partial charge in [-0.2, -0.15) is 0 Å². The summed E-state index contributed by atoms with van der Waals surface area (Å²) < 4.78 is 4.77. The molecule has 0 amide bonds. The highest BCUT2D eigenvalue weighted by Gasteiger charge is 2.48. The van der Waals surface area contributed by atoms with Crippen molar-refractivity contribution in [3.05, 3.63) is 171 Å². The van der Waals surface area contributed by atoms with E-state index in [-0.39, 0.29) is 0 Å². The summed E-state index contributed by atoms with van der Waals surface area (Å²) in [5, 5.41) is 0. The van der Waals surface area contributed by atoms with Crippen molar-refractivity contribution in [3.8, 4) is 0 Å². The summed E-state index contributed by atoms with van der Waals surface area (Å²) in [6.45, 7) is 0. The van der Waals surface area contributed by atoms with Gasteiger partial charge in [-0.3, -0.25) is 0 Å². The van der Waals surface area contributed by atoms with Gasteiger partial charge in [-0.15, -0.1) is 0 Å². The normalized spacial score (nSPS) is 14.6. The predicted molar refractivity (Wildman–Crippen MR) is 200 cm³/mol. The fourth-order valence-corrected chi connectivity index (χ4v) is 7.95. The molecule has 6 rings (SSSR count). The molecule has 0 fully saturated rings. The van der Waals surface area contributed by atoms with Gasteiger partial charge in [-0.05, 0) is 133 Å². The molecule has 0 atom stereocenters. The largest absolute Gasteiger partial charge is 0.103 e. The number of alkyl halides is 1. The summed E-state index contributed by atoms with van der Waals surface area (Å²) in [4.78, 5) is 0. The van der Waals surface area contributed by atoms with E-state index < -0.39 is 4.32 Å². The quantitative estimate of drug-likeness (QED) is 0.122. The first-order valence-corrected chi connectivity index (χ1v) is 17.8. The molecule has 0 bridgehead atoms. The van der Waals surface area contributed by atoms with Crippen molar-refractivity contribution in [3.63, 3.8) is 0 Å². The van der Waals surface area contributed by atoms with E-state index in [2.05, 4.69) is 224 Å². The van der Waals surface area contributed by atoms with Crippen LogP contribution in [0.5, 0.6) is 0 Å². The van der Waals surface area contributed by atoms with E-state index in [1.54, 1.807) is 0 Å². The first-order valence-electron chi connectivity index (χ1n) is 12.7. The first-order chi connectivity index (χ1) is 19.8. The fourth-order valence-electron chi connectivity index (χ4n) is 5.42. The van der Waals surface area contributed by atoms with Crippen molar-refractivity contribution in [2.75, 3.05) is 0 Å². The van der Waals surface area contributed by atoms with E-state index in [1.807, 2.05) is 0 Å². The molecule has 0 aliphatic heterocycles. The van der Waals surface area contributed by atoms with Gasteiger partial charge in [0.15, 0.2) is 0 Å². The van der Waals surface area contributed by atoms with Crippen LogP contribution in [0.4, 0.5) is 0 Å². The Morgan fingerprint density at radius 1 is 0.390 bits per heavy atom. The van der Waals surface area contributed by atoms with Crippen LogP contribution >= 0.6 is 102 Å². The minimum absolute atomic E-state index is 0.635. The number of rotatable bonds is 5. The van der Waals surface area contributed by atoms with E-state index in [1.165, 1.54) is 31.4 Å². The second kappa shape index (κ2) is 12.4. The van der Waals surface area contributed by atoms with Crippen LogP contribution in [-0.4, -0.2) is 0 Å². The van der Waals surface area contributed by atoms with Gasteiger partial charge in [0.05, 0.1) is 0 Å². The van der Waals surface area contributed by atoms with E-state index in [4.69, 9.17) is 0 Å². The zero-order valence-corrected chi connectivity index (χ0v) is 31.4. The van der Waals surface area contributed by atoms with Crippen molar-refractivity contribution in [1.29, 1.82) is 0 Å². The molecule has 0 saturated carbocycles. The van der Waals surface area contributed by atoms with Crippen LogP contribution in [0.3, 0.4) is 0 Å². The number of hydrogen-bond acceptors (Lipinski definition) is 0. The van der Waals surface area contributed by atoms with Gasteiger partial charge in [0, 0.05) is 21.5 Å². The van der Waals surface area contributed by atoms with Gasteiger partial charge in [-0.1, -0.05) is 140 Å². The van der Waals surface area contributed by atoms with Crippen LogP contribution in [0, 0.1) is 3.57 Å². The van der Waals surface area contributed by atoms with Crippen LogP contribution in [0.15, 0.2) is 139 Å². The molecule has 0 heterocycles. The molecule has 0 unspecified atom stereocenters. The van der Waals surface area contributed by atoms with E-state index >= 15 is 0 Å². The molecule has 5 aromatic rings. The van der Waals surface area contributed by atoms with Crippen LogP contribution < -0.4 is 0 Å². The maximum absolute atomic E-state index is 4.47. The molecule has 202 valence electrons. The lowest BCUT2D eigenvalue weighted by Gasteiger charge is -2.32. The monoisotopic (exact) mass is 962 g/mol. The summed E-state index contributed by atoms with van der Waals surface area (Å²) in [5.41, 5.74) is 10.6. The van der Waals surface area contributed by atoms with Crippen molar-refractivity contribution < 1.29 is 0 Å². The third-order valence-corrected chi connectivity index (χ3v) is 11.3. The summed E-state index contributed by atoms with van der Waals surface area (Å²) in [7, 11) is 0. The van der Waals surface area contributed by atoms with Gasteiger partial charge in [-0.25, -0.2) is 0 Å². The Kier molecular flexibility index (Phi) is 8.98. The smallest absolute Gasteiger partial charge is 0.0695 e. The molecule has 5 aromatic carbocycles. The topological polar surface area (TPSA) is 0 Å². The predicted octanol–water partition coefficient (Wildman–Crippen LogP) is 13.2. The molecule has 0 spiro atoms. The number of benzene rings is 5. The summed E-state index contributed by atoms with van der Waals surface area (Å²) in [5.74, 6) is 0. The highest BCUT2D eigenvalue weighted by atomic mass is 127. The van der Waals surface area contributed by atoms with Crippen LogP contribution in [0.1, 0.15) is 27.8 Å². The molecule has 0 N–H and O–H groups in total. The van der Waals surface area contributed by atoms with Crippen molar-refractivity contribution in [2.24, 2.45) is 0 Å². The van der Waals surface area contributed by atoms with Crippen molar-refractivity contribution >= 4 is 125 Å². The minimum Gasteiger partial charge on any atom is -0.0695 e. The van der Waals surface area contributed by atoms with E-state index in [9.17, 15) is 0 Å².